The first-order valence-corrected chi connectivity index (χ1v) is 11.8. The summed E-state index contributed by atoms with van der Waals surface area (Å²) in [6, 6.07) is 16.2. The molecule has 0 atom stereocenters. The van der Waals surface area contributed by atoms with E-state index in [0.29, 0.717) is 16.3 Å². The second kappa shape index (κ2) is 7.27. The van der Waals surface area contributed by atoms with Crippen molar-refractivity contribution in [3.63, 3.8) is 0 Å². The molecule has 0 radical (unpaired) electrons. The van der Waals surface area contributed by atoms with E-state index in [9.17, 15) is 0 Å². The molecule has 7 aromatic rings. The molecule has 0 saturated carbocycles. The minimum atomic E-state index is -0.435. The quantitative estimate of drug-likeness (QED) is 0.242. The Labute approximate surface area is 214 Å². The van der Waals surface area contributed by atoms with Crippen molar-refractivity contribution in [1.29, 1.82) is 0 Å². The van der Waals surface area contributed by atoms with E-state index in [1.54, 1.807) is 6.07 Å². The first-order valence-electron chi connectivity index (χ1n) is 13.9. The Balaban J connectivity index is 1.65. The highest BCUT2D eigenvalue weighted by Gasteiger charge is 2.23. The van der Waals surface area contributed by atoms with E-state index in [2.05, 4.69) is 41.0 Å². The molecule has 0 N–H and O–H groups in total. The average Bonchev–Trinajstić information content (AvgIpc) is 3.55. The maximum absolute atomic E-state index is 8.58. The maximum atomic E-state index is 8.58. The number of hydrogen-bond acceptors (Lipinski definition) is 1. The van der Waals surface area contributed by atoms with Crippen LogP contribution in [0.1, 0.15) is 23.5 Å². The van der Waals surface area contributed by atoms with Crippen LogP contribution in [-0.4, -0.2) is 8.97 Å². The summed E-state index contributed by atoms with van der Waals surface area (Å²) in [4.78, 5) is 0. The number of hydrogen-bond donors (Lipinski definition) is 0. The number of nitrogens with zero attached hydrogens (tertiary/aromatic N) is 2. The highest BCUT2D eigenvalue weighted by molar-refractivity contribution is 6.35. The molecule has 4 aromatic carbocycles. The van der Waals surface area contributed by atoms with Crippen LogP contribution in [-0.2, 0) is 0 Å². The zero-order valence-electron chi connectivity index (χ0n) is 24.4. The molecule has 170 valence electrons. The number of para-hydroxylation sites is 1. The Hall–Kier alpha value is -3.95. The summed E-state index contributed by atoms with van der Waals surface area (Å²) in [6.07, 6.45) is 0. The third-order valence-corrected chi connectivity index (χ3v) is 7.03. The molecule has 0 aliphatic heterocycles. The van der Waals surface area contributed by atoms with E-state index in [1.165, 1.54) is 0 Å². The fourth-order valence-electron chi connectivity index (χ4n) is 5.32. The molecule has 4 heteroatoms. The third kappa shape index (κ3) is 2.85. The van der Waals surface area contributed by atoms with Gasteiger partial charge in [-0.05, 0) is 73.4 Å². The van der Waals surface area contributed by atoms with E-state index in [1.807, 2.05) is 37.3 Å². The van der Waals surface area contributed by atoms with E-state index in [-0.39, 0.29) is 17.6 Å². The fraction of sp³-hybridized carbons (Fsp3) is 0.0968. The zero-order valence-corrected chi connectivity index (χ0v) is 20.1. The lowest BCUT2D eigenvalue weighted by Gasteiger charge is -2.15. The second-order valence-electron chi connectivity index (χ2n) is 9.08. The maximum Gasteiger partial charge on any atom is 0.155 e. The monoisotopic (exact) mass is 479 g/mol. The molecule has 0 bridgehead atoms. The normalized spacial score (nSPS) is 14.0. The van der Waals surface area contributed by atoms with E-state index in [0.717, 1.165) is 55.4 Å². The summed E-state index contributed by atoms with van der Waals surface area (Å²) in [7, 11) is 0. The van der Waals surface area contributed by atoms with Crippen LogP contribution in [0.25, 0.3) is 55.6 Å². The molecule has 3 nitrogen and oxygen atoms in total. The molecule has 7 rings (SSSR count). The Morgan fingerprint density at radius 3 is 2.43 bits per heavy atom. The molecule has 0 fully saturated rings. The number of aryl methyl sites for hydroxylation is 3. The number of furan rings is 1. The van der Waals surface area contributed by atoms with Gasteiger partial charge in [-0.2, -0.15) is 0 Å². The lowest BCUT2D eigenvalue weighted by atomic mass is 10.0. The highest BCUT2D eigenvalue weighted by atomic mass is 35.5. The molecular weight excluding hydrogens is 452 g/mol. The molecule has 0 aliphatic rings. The van der Waals surface area contributed by atoms with Crippen LogP contribution in [0, 0.1) is 20.8 Å². The highest BCUT2D eigenvalue weighted by Crippen LogP contribution is 2.41. The molecular formula is C31H23ClN2O. The summed E-state index contributed by atoms with van der Waals surface area (Å²) in [5.74, 6) is 0. The predicted molar refractivity (Wildman–Crippen MR) is 146 cm³/mol. The molecule has 3 heterocycles. The van der Waals surface area contributed by atoms with Crippen LogP contribution >= 0.6 is 11.6 Å². The number of rotatable bonds is 2. The van der Waals surface area contributed by atoms with Crippen molar-refractivity contribution in [2.75, 3.05) is 0 Å². The van der Waals surface area contributed by atoms with Crippen molar-refractivity contribution in [2.24, 2.45) is 0 Å². The van der Waals surface area contributed by atoms with Crippen LogP contribution in [0.15, 0.2) is 89.2 Å². The van der Waals surface area contributed by atoms with Gasteiger partial charge < -0.3 is 4.42 Å². The number of aromatic nitrogens is 2. The van der Waals surface area contributed by atoms with Crippen molar-refractivity contribution >= 4 is 50.4 Å². The molecule has 0 amide bonds. The van der Waals surface area contributed by atoms with Gasteiger partial charge in [0.2, 0.25) is 0 Å². The van der Waals surface area contributed by atoms with Gasteiger partial charge in [0.05, 0.1) is 28.6 Å². The third-order valence-electron chi connectivity index (χ3n) is 6.63. The first kappa shape index (κ1) is 15.9. The topological polar surface area (TPSA) is 22.5 Å². The van der Waals surface area contributed by atoms with Crippen molar-refractivity contribution < 1.29 is 11.3 Å². The van der Waals surface area contributed by atoms with Gasteiger partial charge in [0.25, 0.3) is 0 Å². The minimum absolute atomic E-state index is 0.0798. The van der Waals surface area contributed by atoms with E-state index >= 15 is 0 Å². The van der Waals surface area contributed by atoms with Gasteiger partial charge in [-0.3, -0.25) is 8.97 Å². The second-order valence-corrected chi connectivity index (χ2v) is 9.46. The predicted octanol–water partition coefficient (Wildman–Crippen LogP) is 9.03. The van der Waals surface area contributed by atoms with Crippen molar-refractivity contribution in [3.05, 3.63) is 107 Å². The van der Waals surface area contributed by atoms with E-state index in [4.69, 9.17) is 22.9 Å². The number of halogens is 1. The lowest BCUT2D eigenvalue weighted by molar-refractivity contribution is 0.669. The summed E-state index contributed by atoms with van der Waals surface area (Å²) in [6.45, 7) is 6.05. The standard InChI is InChI=1S/C31H23ClN2O/c1-18-13-20(3)30-25(16-18)34-28(17-27-31(34)22-11-7-8-12-26(22)35-27)33(30)24-15-19(2)14-23(29(24)32)21-9-5-4-6-10-21/h4-17H,1-3H3/i4D,5D,6D,9D,10D. The Kier molecular flexibility index (Phi) is 3.29. The molecule has 0 aliphatic carbocycles. The summed E-state index contributed by atoms with van der Waals surface area (Å²) >= 11 is 7.16. The SMILES string of the molecule is [2H]c1c([2H])c([2H])c(-c2cc(C)cc(-n3c4c(C)cc(C)cc4n4c5c(cc34)oc3ccccc35)c2Cl)c([2H])c1[2H]. The summed E-state index contributed by atoms with van der Waals surface area (Å²) < 4.78 is 52.1. The molecule has 3 aromatic heterocycles. The van der Waals surface area contributed by atoms with Crippen molar-refractivity contribution in [3.8, 4) is 16.8 Å². The van der Waals surface area contributed by atoms with Gasteiger partial charge in [-0.1, -0.05) is 60.0 Å². The Morgan fingerprint density at radius 2 is 1.60 bits per heavy atom. The summed E-state index contributed by atoms with van der Waals surface area (Å²) in [5.41, 5.74) is 9.47. The number of fused-ring (bicyclic) bond motifs is 7. The molecule has 0 spiro atoms. The number of imidazole rings is 1. The van der Waals surface area contributed by atoms with E-state index < -0.39 is 18.1 Å². The molecule has 0 unspecified atom stereocenters. The van der Waals surface area contributed by atoms with Gasteiger partial charge in [0, 0.05) is 17.0 Å². The van der Waals surface area contributed by atoms with Gasteiger partial charge in [-0.25, -0.2) is 0 Å². The molecule has 35 heavy (non-hydrogen) atoms. The van der Waals surface area contributed by atoms with Crippen molar-refractivity contribution in [2.45, 2.75) is 20.8 Å². The van der Waals surface area contributed by atoms with Gasteiger partial charge >= 0.3 is 0 Å². The first-order chi connectivity index (χ1) is 19.1. The minimum Gasteiger partial charge on any atom is -0.454 e. The van der Waals surface area contributed by atoms with Crippen LogP contribution < -0.4 is 0 Å². The zero-order chi connectivity index (χ0) is 28.2. The fourth-order valence-corrected chi connectivity index (χ4v) is 5.61. The van der Waals surface area contributed by atoms with Crippen LogP contribution in [0.2, 0.25) is 5.02 Å². The Morgan fingerprint density at radius 1 is 0.829 bits per heavy atom. The van der Waals surface area contributed by atoms with Crippen LogP contribution in [0.3, 0.4) is 0 Å². The number of benzene rings is 4. The summed E-state index contributed by atoms with van der Waals surface area (Å²) in [5, 5.41) is 1.30. The molecule has 0 saturated heterocycles. The van der Waals surface area contributed by atoms with Gasteiger partial charge in [-0.15, -0.1) is 0 Å². The lowest BCUT2D eigenvalue weighted by Crippen LogP contribution is -1.99. The van der Waals surface area contributed by atoms with Gasteiger partial charge in [0.1, 0.15) is 16.7 Å². The largest absolute Gasteiger partial charge is 0.454 e. The smallest absolute Gasteiger partial charge is 0.155 e. The van der Waals surface area contributed by atoms with Gasteiger partial charge in [0.15, 0.2) is 5.58 Å². The van der Waals surface area contributed by atoms with Crippen LogP contribution in [0.4, 0.5) is 0 Å². The van der Waals surface area contributed by atoms with Crippen LogP contribution in [0.5, 0.6) is 0 Å². The van der Waals surface area contributed by atoms with Crippen molar-refractivity contribution in [1.82, 2.24) is 8.97 Å². The average molecular weight is 480 g/mol. The Bertz CT molecular complexity index is 2190.